The van der Waals surface area contributed by atoms with Crippen LogP contribution in [0.2, 0.25) is 0 Å². The van der Waals surface area contributed by atoms with E-state index in [-0.39, 0.29) is 17.6 Å². The number of likely N-dealkylation sites (tertiary alicyclic amines) is 1. The van der Waals surface area contributed by atoms with Crippen molar-refractivity contribution in [3.8, 4) is 0 Å². The van der Waals surface area contributed by atoms with E-state index in [0.717, 1.165) is 124 Å². The highest BCUT2D eigenvalue weighted by atomic mass is 19.4. The van der Waals surface area contributed by atoms with Crippen LogP contribution in [0, 0.1) is 6.92 Å². The predicted octanol–water partition coefficient (Wildman–Crippen LogP) is 7.81. The summed E-state index contributed by atoms with van der Waals surface area (Å²) in [7, 11) is 2.01. The van der Waals surface area contributed by atoms with E-state index in [9.17, 15) is 18.0 Å². The van der Waals surface area contributed by atoms with Gasteiger partial charge in [-0.3, -0.25) is 4.79 Å². The van der Waals surface area contributed by atoms with E-state index in [2.05, 4.69) is 58.7 Å². The van der Waals surface area contributed by atoms with Gasteiger partial charge in [0.05, 0.1) is 17.0 Å². The van der Waals surface area contributed by atoms with Gasteiger partial charge in [-0.15, -0.1) is 10.2 Å². The molecule has 9 rings (SSSR count). The average Bonchev–Trinajstić information content (AvgIpc) is 4.01. The van der Waals surface area contributed by atoms with Crippen molar-refractivity contribution >= 4 is 35.1 Å². The van der Waals surface area contributed by atoms with E-state index in [1.54, 1.807) is 17.3 Å². The van der Waals surface area contributed by atoms with Gasteiger partial charge in [-0.25, -0.2) is 24.9 Å². The molecule has 5 aromatic heterocycles. The first-order valence-corrected chi connectivity index (χ1v) is 21.1. The van der Waals surface area contributed by atoms with Gasteiger partial charge in [0.25, 0.3) is 0 Å². The Hall–Kier alpha value is -5.78. The molecule has 0 spiro atoms. The summed E-state index contributed by atoms with van der Waals surface area (Å²) >= 11 is 0. The van der Waals surface area contributed by atoms with Crippen LogP contribution in [0.15, 0.2) is 55.1 Å². The zero-order chi connectivity index (χ0) is 43.1. The molecule has 1 atom stereocenters. The largest absolute Gasteiger partial charge is 0.416 e. The van der Waals surface area contributed by atoms with E-state index in [0.29, 0.717) is 42.5 Å². The lowest BCUT2D eigenvalue weighted by molar-refractivity contribution is -0.137. The van der Waals surface area contributed by atoms with Gasteiger partial charge in [0.1, 0.15) is 41.2 Å². The fourth-order valence-electron chi connectivity index (χ4n) is 7.64. The van der Waals surface area contributed by atoms with E-state index in [1.807, 2.05) is 43.8 Å². The van der Waals surface area contributed by atoms with Crippen LogP contribution in [-0.2, 0) is 22.8 Å². The molecule has 61 heavy (non-hydrogen) atoms. The summed E-state index contributed by atoms with van der Waals surface area (Å²) in [6.07, 6.45) is 6.43. The number of anilines is 5. The number of nitrogens with one attached hydrogen (secondary N) is 2. The molecule has 3 saturated heterocycles. The average molecular weight is 842 g/mol. The fourth-order valence-corrected chi connectivity index (χ4v) is 7.64. The number of aromatic nitrogens is 9. The van der Waals surface area contributed by atoms with Gasteiger partial charge in [0.15, 0.2) is 0 Å². The summed E-state index contributed by atoms with van der Waals surface area (Å²) in [6.45, 7) is 12.1. The molecule has 0 radical (unpaired) electrons. The van der Waals surface area contributed by atoms with Crippen LogP contribution in [-0.4, -0.2) is 94.9 Å². The van der Waals surface area contributed by atoms with Crippen molar-refractivity contribution in [2.24, 2.45) is 7.05 Å². The van der Waals surface area contributed by atoms with E-state index < -0.39 is 11.7 Å². The third-order valence-corrected chi connectivity index (χ3v) is 11.2. The molecule has 4 aliphatic rings. The number of pyridine rings is 2. The molecule has 1 aliphatic carbocycles. The minimum atomic E-state index is -4.43. The molecule has 1 unspecified atom stereocenters. The maximum Gasteiger partial charge on any atom is 0.416 e. The van der Waals surface area contributed by atoms with Crippen LogP contribution in [0.3, 0.4) is 0 Å². The van der Waals surface area contributed by atoms with Crippen LogP contribution in [0.25, 0.3) is 0 Å². The Labute approximate surface area is 354 Å². The second-order valence-corrected chi connectivity index (χ2v) is 15.8. The van der Waals surface area contributed by atoms with Crippen LogP contribution < -0.4 is 15.5 Å². The molecule has 1 amide bonds. The van der Waals surface area contributed by atoms with Crippen molar-refractivity contribution in [1.29, 1.82) is 0 Å². The van der Waals surface area contributed by atoms with Crippen LogP contribution >= 0.6 is 0 Å². The van der Waals surface area contributed by atoms with Gasteiger partial charge in [0, 0.05) is 102 Å². The highest BCUT2D eigenvalue weighted by Gasteiger charge is 2.35. The quantitative estimate of drug-likeness (QED) is 0.148. The van der Waals surface area contributed by atoms with Gasteiger partial charge in [-0.05, 0) is 75.3 Å². The molecule has 1 saturated carbocycles. The van der Waals surface area contributed by atoms with Crippen LogP contribution in [0.5, 0.6) is 0 Å². The summed E-state index contributed by atoms with van der Waals surface area (Å²) in [4.78, 5) is 42.8. The number of halogens is 3. The molecule has 4 fully saturated rings. The lowest BCUT2D eigenvalue weighted by Crippen LogP contribution is -2.47. The second kappa shape index (κ2) is 19.3. The number of alkyl halides is 3. The first-order valence-electron chi connectivity index (χ1n) is 21.1. The lowest BCUT2D eigenvalue weighted by atomic mass is 9.96. The number of carbonyl (C=O) groups is 1. The fraction of sp³-hybridized carbons (Fsp3) is 0.512. The zero-order valence-electron chi connectivity index (χ0n) is 35.4. The predicted molar refractivity (Wildman–Crippen MR) is 225 cm³/mol. The third-order valence-electron chi connectivity index (χ3n) is 11.2. The van der Waals surface area contributed by atoms with Gasteiger partial charge < -0.3 is 29.7 Å². The minimum Gasteiger partial charge on any atom is -0.381 e. The molecular formula is C43H54F3N13O2. The van der Waals surface area contributed by atoms with Crippen LogP contribution in [0.4, 0.5) is 42.4 Å². The Kier molecular flexibility index (Phi) is 13.7. The number of rotatable bonds is 9. The lowest BCUT2D eigenvalue weighted by Gasteiger charge is -2.38. The van der Waals surface area contributed by atoms with Gasteiger partial charge in [0.2, 0.25) is 11.9 Å². The summed E-state index contributed by atoms with van der Waals surface area (Å²) in [5.41, 5.74) is 2.27. The second-order valence-electron chi connectivity index (χ2n) is 15.8. The number of ether oxygens (including phenoxy) is 1. The molecule has 5 aromatic rings. The first-order chi connectivity index (χ1) is 29.4. The van der Waals surface area contributed by atoms with Gasteiger partial charge in [-0.2, -0.15) is 18.2 Å². The Morgan fingerprint density at radius 1 is 0.770 bits per heavy atom. The van der Waals surface area contributed by atoms with Crippen LogP contribution in [0.1, 0.15) is 117 Å². The number of piperidine rings is 1. The Morgan fingerprint density at radius 3 is 2.08 bits per heavy atom. The SMILES string of the molecule is CC.CC(=O)N1CC(c2cc(Nc3cc(C(F)(F)F)ccn3)nc(C3CC3)n2)C1.Cc1ccnc(Nc2cc(C3CCOCC3)nc(N3CCCC(c4nncn4C)C3)n2)c1. The van der Waals surface area contributed by atoms with E-state index >= 15 is 0 Å². The topological polar surface area (TPSA) is 165 Å². The minimum absolute atomic E-state index is 0.0224. The maximum atomic E-state index is 12.9. The monoisotopic (exact) mass is 841 g/mol. The molecule has 0 aromatic carbocycles. The molecule has 0 bridgehead atoms. The number of nitrogens with zero attached hydrogens (tertiary/aromatic N) is 11. The summed E-state index contributed by atoms with van der Waals surface area (Å²) in [5, 5.41) is 14.7. The molecule has 15 nitrogen and oxygen atoms in total. The van der Waals surface area contributed by atoms with Crippen molar-refractivity contribution < 1.29 is 22.7 Å². The number of aryl methyl sites for hydroxylation is 2. The molecule has 3 aliphatic heterocycles. The van der Waals surface area contributed by atoms with Crippen molar-refractivity contribution in [2.45, 2.75) is 96.1 Å². The summed E-state index contributed by atoms with van der Waals surface area (Å²) in [6, 6.07) is 9.71. The van der Waals surface area contributed by atoms with Crippen molar-refractivity contribution in [3.63, 3.8) is 0 Å². The van der Waals surface area contributed by atoms with Gasteiger partial charge in [-0.1, -0.05) is 13.8 Å². The Bertz CT molecular complexity index is 2250. The first kappa shape index (κ1) is 43.3. The maximum absolute atomic E-state index is 12.9. The highest BCUT2D eigenvalue weighted by molar-refractivity contribution is 5.74. The number of hydrogen-bond acceptors (Lipinski definition) is 13. The van der Waals surface area contributed by atoms with E-state index in [4.69, 9.17) is 14.7 Å². The molecule has 8 heterocycles. The standard InChI is InChI=1S/C23H30N8O.C18H18F3N5O.C2H6/c1-16-5-8-24-20(12-16)27-21-13-19(17-6-10-32-11-7-17)26-23(28-21)31-9-3-4-18(14-31)22-29-25-15-30(22)2;1-10(27)26-8-12(9-26)14-7-16(25-17(23-14)11-2-3-11)24-15-6-13(4-5-22-15)18(19,20)21;1-2/h5,8,12-13,15,17-18H,3-4,6-7,9-11,14H2,1-2H3,(H,24,26,27,28);4-7,11-12H,2-3,8-9H2,1H3,(H,22,23,24,25);1-2H3. The van der Waals surface area contributed by atoms with E-state index in [1.165, 1.54) is 6.92 Å². The molecule has 18 heteroatoms. The van der Waals surface area contributed by atoms with Gasteiger partial charge >= 0.3 is 6.18 Å². The zero-order valence-corrected chi connectivity index (χ0v) is 35.4. The Balaban J connectivity index is 0.000000179. The summed E-state index contributed by atoms with van der Waals surface area (Å²) in [5.74, 6) is 5.72. The highest BCUT2D eigenvalue weighted by Crippen LogP contribution is 2.40. The normalized spacial score (nSPS) is 18.3. The number of carbonyl (C=O) groups excluding carboxylic acids is 1. The van der Waals surface area contributed by atoms with Crippen molar-refractivity contribution in [1.82, 2.24) is 49.6 Å². The third kappa shape index (κ3) is 11.1. The molecule has 2 N–H and O–H groups in total. The smallest absolute Gasteiger partial charge is 0.381 e. The molecule has 324 valence electrons. The summed E-state index contributed by atoms with van der Waals surface area (Å²) < 4.78 is 46.3. The Morgan fingerprint density at radius 2 is 1.44 bits per heavy atom. The van der Waals surface area contributed by atoms with Crippen molar-refractivity contribution in [3.05, 3.63) is 89.3 Å². The van der Waals surface area contributed by atoms with Crippen molar-refractivity contribution in [2.75, 3.05) is 54.9 Å². The number of amides is 1. The molecular weight excluding hydrogens is 788 g/mol. The number of hydrogen-bond donors (Lipinski definition) is 2.